The highest BCUT2D eigenvalue weighted by Gasteiger charge is 2.08. The Morgan fingerprint density at radius 3 is 2.42 bits per heavy atom. The smallest absolute Gasteiger partial charge is 0.0214 e. The van der Waals surface area contributed by atoms with Crippen molar-refractivity contribution in [2.24, 2.45) is 5.92 Å². The molecule has 0 aliphatic heterocycles. The van der Waals surface area contributed by atoms with Crippen molar-refractivity contribution in [2.45, 2.75) is 46.6 Å². The van der Waals surface area contributed by atoms with Gasteiger partial charge in [-0.2, -0.15) is 0 Å². The average Bonchev–Trinajstić information content (AvgIpc) is 2.04. The molecule has 1 heteroatoms. The summed E-state index contributed by atoms with van der Waals surface area (Å²) >= 11 is 0. The SMILES string of the molecule is CC#CCCNC(CC)C(C)C. The molecular weight excluding hydrogens is 146 g/mol. The van der Waals surface area contributed by atoms with Crippen molar-refractivity contribution in [3.05, 3.63) is 0 Å². The van der Waals surface area contributed by atoms with Gasteiger partial charge in [-0.1, -0.05) is 20.8 Å². The Balaban J connectivity index is 3.49. The summed E-state index contributed by atoms with van der Waals surface area (Å²) in [7, 11) is 0. The first kappa shape index (κ1) is 11.5. The van der Waals surface area contributed by atoms with Gasteiger partial charge in [0, 0.05) is 19.0 Å². The Kier molecular flexibility index (Phi) is 6.90. The summed E-state index contributed by atoms with van der Waals surface area (Å²) in [5, 5.41) is 3.50. The van der Waals surface area contributed by atoms with Gasteiger partial charge >= 0.3 is 0 Å². The Bertz CT molecular complexity index is 150. The van der Waals surface area contributed by atoms with Crippen molar-refractivity contribution in [1.29, 1.82) is 0 Å². The van der Waals surface area contributed by atoms with Crippen molar-refractivity contribution in [3.8, 4) is 11.8 Å². The number of rotatable bonds is 5. The highest BCUT2D eigenvalue weighted by atomic mass is 14.9. The van der Waals surface area contributed by atoms with E-state index in [1.165, 1.54) is 6.42 Å². The third-order valence-electron chi connectivity index (χ3n) is 2.08. The minimum absolute atomic E-state index is 0.656. The predicted octanol–water partition coefficient (Wildman–Crippen LogP) is 2.42. The summed E-state index contributed by atoms with van der Waals surface area (Å²) in [6.45, 7) is 9.65. The van der Waals surface area contributed by atoms with Crippen LogP contribution in [0, 0.1) is 17.8 Å². The second-order valence-corrected chi connectivity index (χ2v) is 3.39. The monoisotopic (exact) mass is 167 g/mol. The lowest BCUT2D eigenvalue weighted by Crippen LogP contribution is -2.33. The summed E-state index contributed by atoms with van der Waals surface area (Å²) < 4.78 is 0. The molecule has 12 heavy (non-hydrogen) atoms. The van der Waals surface area contributed by atoms with Crippen LogP contribution in [0.1, 0.15) is 40.5 Å². The highest BCUT2D eigenvalue weighted by molar-refractivity contribution is 4.95. The summed E-state index contributed by atoms with van der Waals surface area (Å²) in [5.41, 5.74) is 0. The molecule has 0 saturated carbocycles. The molecule has 0 rings (SSSR count). The number of nitrogens with one attached hydrogen (secondary N) is 1. The lowest BCUT2D eigenvalue weighted by atomic mass is 10.0. The number of hydrogen-bond donors (Lipinski definition) is 1. The molecule has 0 spiro atoms. The fourth-order valence-corrected chi connectivity index (χ4v) is 1.30. The minimum Gasteiger partial charge on any atom is -0.313 e. The minimum atomic E-state index is 0.656. The summed E-state index contributed by atoms with van der Waals surface area (Å²) in [6, 6.07) is 0.656. The Labute approximate surface area is 76.9 Å². The van der Waals surface area contributed by atoms with Crippen molar-refractivity contribution in [2.75, 3.05) is 6.54 Å². The quantitative estimate of drug-likeness (QED) is 0.490. The van der Waals surface area contributed by atoms with Gasteiger partial charge in [0.25, 0.3) is 0 Å². The standard InChI is InChI=1S/C11H21N/c1-5-7-8-9-12-11(6-2)10(3)4/h10-12H,6,8-9H2,1-4H3. The molecule has 1 nitrogen and oxygen atoms in total. The summed E-state index contributed by atoms with van der Waals surface area (Å²) in [4.78, 5) is 0. The van der Waals surface area contributed by atoms with Gasteiger partial charge in [0.05, 0.1) is 0 Å². The molecule has 0 bridgehead atoms. The van der Waals surface area contributed by atoms with Gasteiger partial charge in [-0.3, -0.25) is 0 Å². The molecular formula is C11H21N. The Morgan fingerprint density at radius 1 is 1.33 bits per heavy atom. The van der Waals surface area contributed by atoms with Crippen LogP contribution < -0.4 is 5.32 Å². The van der Waals surface area contributed by atoms with Gasteiger partial charge in [0.15, 0.2) is 0 Å². The van der Waals surface area contributed by atoms with Crippen LogP contribution in [-0.2, 0) is 0 Å². The number of hydrogen-bond acceptors (Lipinski definition) is 1. The molecule has 0 aliphatic rings. The van der Waals surface area contributed by atoms with E-state index in [1.54, 1.807) is 0 Å². The van der Waals surface area contributed by atoms with Gasteiger partial charge in [-0.15, -0.1) is 11.8 Å². The van der Waals surface area contributed by atoms with Crippen LogP contribution in [0.5, 0.6) is 0 Å². The maximum Gasteiger partial charge on any atom is 0.0214 e. The molecule has 0 aromatic rings. The van der Waals surface area contributed by atoms with Gasteiger partial charge < -0.3 is 5.32 Å². The molecule has 0 amide bonds. The molecule has 1 unspecified atom stereocenters. The zero-order valence-electron chi connectivity index (χ0n) is 8.78. The Hall–Kier alpha value is -0.480. The van der Waals surface area contributed by atoms with Crippen LogP contribution in [0.2, 0.25) is 0 Å². The Morgan fingerprint density at radius 2 is 2.00 bits per heavy atom. The largest absolute Gasteiger partial charge is 0.313 e. The van der Waals surface area contributed by atoms with Crippen LogP contribution in [0.15, 0.2) is 0 Å². The summed E-state index contributed by atoms with van der Waals surface area (Å²) in [6.07, 6.45) is 2.18. The van der Waals surface area contributed by atoms with Crippen LogP contribution in [0.25, 0.3) is 0 Å². The zero-order valence-corrected chi connectivity index (χ0v) is 8.78. The molecule has 1 N–H and O–H groups in total. The molecule has 0 aromatic heterocycles. The first-order valence-corrected chi connectivity index (χ1v) is 4.85. The normalized spacial score (nSPS) is 12.4. The van der Waals surface area contributed by atoms with E-state index in [2.05, 4.69) is 37.9 Å². The van der Waals surface area contributed by atoms with Crippen LogP contribution in [0.3, 0.4) is 0 Å². The third kappa shape index (κ3) is 5.21. The van der Waals surface area contributed by atoms with E-state index in [0.717, 1.165) is 18.9 Å². The molecule has 0 saturated heterocycles. The van der Waals surface area contributed by atoms with E-state index in [-0.39, 0.29) is 0 Å². The molecule has 0 heterocycles. The molecule has 0 aliphatic carbocycles. The van der Waals surface area contributed by atoms with E-state index in [4.69, 9.17) is 0 Å². The fourth-order valence-electron chi connectivity index (χ4n) is 1.30. The first-order chi connectivity index (χ1) is 5.72. The van der Waals surface area contributed by atoms with Gasteiger partial charge in [-0.05, 0) is 19.3 Å². The average molecular weight is 167 g/mol. The lowest BCUT2D eigenvalue weighted by Gasteiger charge is -2.19. The van der Waals surface area contributed by atoms with Crippen molar-refractivity contribution >= 4 is 0 Å². The molecule has 0 fully saturated rings. The predicted molar refractivity (Wildman–Crippen MR) is 55.0 cm³/mol. The lowest BCUT2D eigenvalue weighted by molar-refractivity contribution is 0.393. The van der Waals surface area contributed by atoms with Crippen LogP contribution >= 0.6 is 0 Å². The van der Waals surface area contributed by atoms with Crippen LogP contribution in [-0.4, -0.2) is 12.6 Å². The second kappa shape index (κ2) is 7.18. The van der Waals surface area contributed by atoms with E-state index >= 15 is 0 Å². The second-order valence-electron chi connectivity index (χ2n) is 3.39. The first-order valence-electron chi connectivity index (χ1n) is 4.85. The topological polar surface area (TPSA) is 12.0 Å². The fraction of sp³-hybridized carbons (Fsp3) is 0.818. The zero-order chi connectivity index (χ0) is 9.40. The van der Waals surface area contributed by atoms with E-state index in [9.17, 15) is 0 Å². The summed E-state index contributed by atoms with van der Waals surface area (Å²) in [5.74, 6) is 6.68. The van der Waals surface area contributed by atoms with E-state index < -0.39 is 0 Å². The van der Waals surface area contributed by atoms with Gasteiger partial charge in [-0.25, -0.2) is 0 Å². The van der Waals surface area contributed by atoms with Crippen molar-refractivity contribution in [1.82, 2.24) is 5.32 Å². The van der Waals surface area contributed by atoms with Gasteiger partial charge in [0.2, 0.25) is 0 Å². The highest BCUT2D eigenvalue weighted by Crippen LogP contribution is 2.04. The van der Waals surface area contributed by atoms with Crippen molar-refractivity contribution < 1.29 is 0 Å². The van der Waals surface area contributed by atoms with Crippen molar-refractivity contribution in [3.63, 3.8) is 0 Å². The van der Waals surface area contributed by atoms with Gasteiger partial charge in [0.1, 0.15) is 0 Å². The molecule has 1 atom stereocenters. The van der Waals surface area contributed by atoms with Crippen LogP contribution in [0.4, 0.5) is 0 Å². The third-order valence-corrected chi connectivity index (χ3v) is 2.08. The maximum atomic E-state index is 3.50. The molecule has 0 radical (unpaired) electrons. The molecule has 0 aromatic carbocycles. The maximum absolute atomic E-state index is 3.50. The van der Waals surface area contributed by atoms with E-state index in [1.807, 2.05) is 6.92 Å². The van der Waals surface area contributed by atoms with E-state index in [0.29, 0.717) is 6.04 Å². The molecule has 70 valence electrons.